The summed E-state index contributed by atoms with van der Waals surface area (Å²) in [5, 5.41) is 0. The van der Waals surface area contributed by atoms with E-state index in [1.165, 1.54) is 27.8 Å². The van der Waals surface area contributed by atoms with Crippen molar-refractivity contribution in [3.05, 3.63) is 59.2 Å². The Hall–Kier alpha value is -1.60. The molecule has 1 atom stereocenters. The van der Waals surface area contributed by atoms with Crippen LogP contribution in [0.1, 0.15) is 23.6 Å². The summed E-state index contributed by atoms with van der Waals surface area (Å²) in [6, 6.07) is 15.5. The van der Waals surface area contributed by atoms with Crippen LogP contribution >= 0.6 is 0 Å². The molecule has 0 aromatic heterocycles. The van der Waals surface area contributed by atoms with Crippen molar-refractivity contribution < 1.29 is 0 Å². The topological polar surface area (TPSA) is 26.0 Å². The zero-order valence-corrected chi connectivity index (χ0v) is 11.4. The summed E-state index contributed by atoms with van der Waals surface area (Å²) in [4.78, 5) is 0. The summed E-state index contributed by atoms with van der Waals surface area (Å²) in [6.07, 6.45) is 0.938. The molecule has 0 aliphatic carbocycles. The van der Waals surface area contributed by atoms with E-state index in [1.54, 1.807) is 0 Å². The lowest BCUT2D eigenvalue weighted by Gasteiger charge is -2.08. The molecule has 0 saturated heterocycles. The molecule has 94 valence electrons. The fraction of sp³-hybridized carbons (Fsp3) is 0.294. The number of rotatable bonds is 3. The average molecular weight is 239 g/mol. The number of hydrogen-bond acceptors (Lipinski definition) is 1. The van der Waals surface area contributed by atoms with E-state index in [-0.39, 0.29) is 6.04 Å². The molecule has 18 heavy (non-hydrogen) atoms. The minimum atomic E-state index is 0.220. The Morgan fingerprint density at radius 2 is 1.50 bits per heavy atom. The molecule has 0 spiro atoms. The highest BCUT2D eigenvalue weighted by Gasteiger charge is 2.01. The monoisotopic (exact) mass is 239 g/mol. The van der Waals surface area contributed by atoms with Crippen LogP contribution in [0.5, 0.6) is 0 Å². The van der Waals surface area contributed by atoms with Crippen LogP contribution in [0.2, 0.25) is 0 Å². The Balaban J connectivity index is 2.25. The first-order valence-electron chi connectivity index (χ1n) is 6.48. The van der Waals surface area contributed by atoms with E-state index in [4.69, 9.17) is 5.73 Å². The minimum Gasteiger partial charge on any atom is -0.328 e. The van der Waals surface area contributed by atoms with Crippen molar-refractivity contribution in [1.29, 1.82) is 0 Å². The number of nitrogens with two attached hydrogens (primary N) is 1. The van der Waals surface area contributed by atoms with Crippen molar-refractivity contribution >= 4 is 0 Å². The van der Waals surface area contributed by atoms with E-state index in [1.807, 2.05) is 6.92 Å². The summed E-state index contributed by atoms with van der Waals surface area (Å²) in [7, 11) is 0. The summed E-state index contributed by atoms with van der Waals surface area (Å²) in [5.41, 5.74) is 12.3. The van der Waals surface area contributed by atoms with Gasteiger partial charge in [-0.05, 0) is 55.0 Å². The molecule has 2 aromatic rings. The van der Waals surface area contributed by atoms with Crippen LogP contribution in [0.15, 0.2) is 42.5 Å². The average Bonchev–Trinajstić information content (AvgIpc) is 2.33. The van der Waals surface area contributed by atoms with E-state index in [9.17, 15) is 0 Å². The van der Waals surface area contributed by atoms with Crippen molar-refractivity contribution in [2.45, 2.75) is 33.2 Å². The second kappa shape index (κ2) is 5.36. The van der Waals surface area contributed by atoms with Crippen LogP contribution in [0.4, 0.5) is 0 Å². The molecule has 2 aromatic carbocycles. The third-order valence-electron chi connectivity index (χ3n) is 3.35. The first kappa shape index (κ1) is 12.8. The van der Waals surface area contributed by atoms with Crippen LogP contribution in [-0.2, 0) is 6.42 Å². The highest BCUT2D eigenvalue weighted by Crippen LogP contribution is 2.22. The quantitative estimate of drug-likeness (QED) is 0.864. The molecule has 0 fully saturated rings. The standard InChI is InChI=1S/C17H21N/c1-12-4-7-17(10-13(12)2)16-8-5-15(6-9-16)11-14(3)18/h4-10,14H,11,18H2,1-3H3. The molecule has 0 aliphatic rings. The van der Waals surface area contributed by atoms with Gasteiger partial charge in [0.25, 0.3) is 0 Å². The van der Waals surface area contributed by atoms with Crippen molar-refractivity contribution in [3.8, 4) is 11.1 Å². The van der Waals surface area contributed by atoms with Crippen molar-refractivity contribution in [3.63, 3.8) is 0 Å². The SMILES string of the molecule is Cc1ccc(-c2ccc(CC(C)N)cc2)cc1C. The first-order chi connectivity index (χ1) is 8.56. The molecule has 2 N–H and O–H groups in total. The fourth-order valence-corrected chi connectivity index (χ4v) is 2.13. The van der Waals surface area contributed by atoms with Crippen molar-refractivity contribution in [2.24, 2.45) is 5.73 Å². The van der Waals surface area contributed by atoms with E-state index in [2.05, 4.69) is 56.3 Å². The maximum atomic E-state index is 5.81. The van der Waals surface area contributed by atoms with Gasteiger partial charge in [0.1, 0.15) is 0 Å². The zero-order chi connectivity index (χ0) is 13.1. The van der Waals surface area contributed by atoms with Gasteiger partial charge in [-0.2, -0.15) is 0 Å². The van der Waals surface area contributed by atoms with Crippen LogP contribution < -0.4 is 5.73 Å². The third-order valence-corrected chi connectivity index (χ3v) is 3.35. The van der Waals surface area contributed by atoms with Crippen LogP contribution in [0.3, 0.4) is 0 Å². The summed E-state index contributed by atoms with van der Waals surface area (Å²) < 4.78 is 0. The molecule has 0 saturated carbocycles. The maximum Gasteiger partial charge on any atom is 0.00509 e. The molecule has 0 amide bonds. The minimum absolute atomic E-state index is 0.220. The van der Waals surface area contributed by atoms with Gasteiger partial charge in [0, 0.05) is 6.04 Å². The molecule has 1 unspecified atom stereocenters. The third kappa shape index (κ3) is 2.99. The largest absolute Gasteiger partial charge is 0.328 e. The Kier molecular flexibility index (Phi) is 3.83. The molecule has 0 bridgehead atoms. The normalized spacial score (nSPS) is 12.4. The molecule has 0 heterocycles. The van der Waals surface area contributed by atoms with Gasteiger partial charge in [0.15, 0.2) is 0 Å². The fourth-order valence-electron chi connectivity index (χ4n) is 2.13. The van der Waals surface area contributed by atoms with Gasteiger partial charge in [-0.3, -0.25) is 0 Å². The molecule has 0 radical (unpaired) electrons. The predicted molar refractivity (Wildman–Crippen MR) is 78.7 cm³/mol. The Labute approximate surface area is 110 Å². The number of hydrogen-bond donors (Lipinski definition) is 1. The summed E-state index contributed by atoms with van der Waals surface area (Å²) >= 11 is 0. The number of aryl methyl sites for hydroxylation is 2. The lowest BCUT2D eigenvalue weighted by atomic mass is 9.98. The van der Waals surface area contributed by atoms with Gasteiger partial charge in [0.2, 0.25) is 0 Å². The molecular weight excluding hydrogens is 218 g/mol. The van der Waals surface area contributed by atoms with E-state index < -0.39 is 0 Å². The molecule has 2 rings (SSSR count). The van der Waals surface area contributed by atoms with Crippen LogP contribution in [0.25, 0.3) is 11.1 Å². The molecular formula is C17H21N. The van der Waals surface area contributed by atoms with E-state index in [0.717, 1.165) is 6.42 Å². The van der Waals surface area contributed by atoms with Crippen LogP contribution in [-0.4, -0.2) is 6.04 Å². The summed E-state index contributed by atoms with van der Waals surface area (Å²) in [6.45, 7) is 6.34. The first-order valence-corrected chi connectivity index (χ1v) is 6.48. The van der Waals surface area contributed by atoms with Gasteiger partial charge in [0.05, 0.1) is 0 Å². The Morgan fingerprint density at radius 1 is 0.889 bits per heavy atom. The lowest BCUT2D eigenvalue weighted by Crippen LogP contribution is -2.17. The van der Waals surface area contributed by atoms with Gasteiger partial charge in [-0.25, -0.2) is 0 Å². The number of benzene rings is 2. The van der Waals surface area contributed by atoms with Crippen molar-refractivity contribution in [1.82, 2.24) is 0 Å². The van der Waals surface area contributed by atoms with Gasteiger partial charge < -0.3 is 5.73 Å². The van der Waals surface area contributed by atoms with Gasteiger partial charge in [-0.1, -0.05) is 42.5 Å². The predicted octanol–water partition coefficient (Wildman–Crippen LogP) is 3.86. The lowest BCUT2D eigenvalue weighted by molar-refractivity contribution is 0.738. The van der Waals surface area contributed by atoms with Gasteiger partial charge in [-0.15, -0.1) is 0 Å². The van der Waals surface area contributed by atoms with Crippen LogP contribution in [0, 0.1) is 13.8 Å². The van der Waals surface area contributed by atoms with E-state index >= 15 is 0 Å². The van der Waals surface area contributed by atoms with Gasteiger partial charge >= 0.3 is 0 Å². The Morgan fingerprint density at radius 3 is 2.06 bits per heavy atom. The van der Waals surface area contributed by atoms with E-state index in [0.29, 0.717) is 0 Å². The highest BCUT2D eigenvalue weighted by atomic mass is 14.6. The molecule has 1 heteroatoms. The van der Waals surface area contributed by atoms with Crippen molar-refractivity contribution in [2.75, 3.05) is 0 Å². The highest BCUT2D eigenvalue weighted by molar-refractivity contribution is 5.65. The molecule has 0 aliphatic heterocycles. The molecule has 1 nitrogen and oxygen atoms in total. The maximum absolute atomic E-state index is 5.81. The second-order valence-electron chi connectivity index (χ2n) is 5.18. The zero-order valence-electron chi connectivity index (χ0n) is 11.4. The smallest absolute Gasteiger partial charge is 0.00509 e. The second-order valence-corrected chi connectivity index (χ2v) is 5.18. The Bertz CT molecular complexity index is 524. The summed E-state index contributed by atoms with van der Waals surface area (Å²) in [5.74, 6) is 0.